The lowest BCUT2D eigenvalue weighted by Gasteiger charge is -2.32. The van der Waals surface area contributed by atoms with Crippen LogP contribution in [0.25, 0.3) is 0 Å². The van der Waals surface area contributed by atoms with Crippen molar-refractivity contribution in [3.8, 4) is 0 Å². The molecule has 0 bridgehead atoms. The molecule has 82 valence electrons. The topological polar surface area (TPSA) is 46.3 Å². The van der Waals surface area contributed by atoms with Crippen molar-refractivity contribution in [3.05, 3.63) is 35.9 Å². The Morgan fingerprint density at radius 3 is 2.33 bits per heavy atom. The maximum atomic E-state index is 11.2. The Morgan fingerprint density at radius 1 is 1.33 bits per heavy atom. The van der Waals surface area contributed by atoms with Crippen molar-refractivity contribution in [1.82, 2.24) is 4.90 Å². The summed E-state index contributed by atoms with van der Waals surface area (Å²) in [5, 5.41) is 0. The lowest BCUT2D eigenvalue weighted by atomic mass is 10.0. The summed E-state index contributed by atoms with van der Waals surface area (Å²) in [6.07, 6.45) is 0. The smallest absolute Gasteiger partial charge is 0.237 e. The predicted octanol–water partition coefficient (Wildman–Crippen LogP) is 1.38. The Morgan fingerprint density at radius 2 is 1.87 bits per heavy atom. The number of rotatable bonds is 4. The number of nitrogens with two attached hydrogens (primary N) is 1. The minimum Gasteiger partial charge on any atom is -0.368 e. The van der Waals surface area contributed by atoms with Crippen molar-refractivity contribution < 1.29 is 4.79 Å². The van der Waals surface area contributed by atoms with E-state index in [9.17, 15) is 4.79 Å². The first kappa shape index (κ1) is 11.7. The maximum Gasteiger partial charge on any atom is 0.237 e. The second kappa shape index (κ2) is 4.45. The Labute approximate surface area is 90.9 Å². The van der Waals surface area contributed by atoms with Gasteiger partial charge in [0.1, 0.15) is 0 Å². The molecule has 0 heterocycles. The van der Waals surface area contributed by atoms with Crippen LogP contribution >= 0.6 is 0 Å². The number of benzene rings is 1. The summed E-state index contributed by atoms with van der Waals surface area (Å²) in [7, 11) is 1.90. The number of hydrogen-bond donors (Lipinski definition) is 1. The highest BCUT2D eigenvalue weighted by molar-refractivity contribution is 5.83. The van der Waals surface area contributed by atoms with Gasteiger partial charge in [-0.05, 0) is 26.5 Å². The molecule has 0 unspecified atom stereocenters. The summed E-state index contributed by atoms with van der Waals surface area (Å²) < 4.78 is 0. The van der Waals surface area contributed by atoms with E-state index in [0.717, 1.165) is 6.54 Å². The van der Waals surface area contributed by atoms with Crippen LogP contribution in [-0.2, 0) is 11.3 Å². The summed E-state index contributed by atoms with van der Waals surface area (Å²) in [5.74, 6) is -0.305. The van der Waals surface area contributed by atoms with Crippen molar-refractivity contribution in [2.45, 2.75) is 25.9 Å². The molecule has 3 nitrogen and oxygen atoms in total. The first-order valence-corrected chi connectivity index (χ1v) is 4.99. The lowest BCUT2D eigenvalue weighted by molar-refractivity contribution is -0.127. The van der Waals surface area contributed by atoms with Crippen LogP contribution in [0.3, 0.4) is 0 Å². The van der Waals surface area contributed by atoms with E-state index in [1.165, 1.54) is 5.56 Å². The molecule has 0 saturated heterocycles. The molecule has 0 saturated carbocycles. The number of primary amides is 1. The highest BCUT2D eigenvalue weighted by atomic mass is 16.1. The van der Waals surface area contributed by atoms with Gasteiger partial charge in [-0.15, -0.1) is 0 Å². The highest BCUT2D eigenvalue weighted by Gasteiger charge is 2.29. The first-order valence-electron chi connectivity index (χ1n) is 4.99. The molecule has 1 rings (SSSR count). The number of carbonyl (C=O) groups excluding carboxylic acids is 1. The fraction of sp³-hybridized carbons (Fsp3) is 0.417. The predicted molar refractivity (Wildman–Crippen MR) is 61.2 cm³/mol. The van der Waals surface area contributed by atoms with Gasteiger partial charge in [0.15, 0.2) is 0 Å². The number of carbonyl (C=O) groups is 1. The zero-order chi connectivity index (χ0) is 11.5. The van der Waals surface area contributed by atoms with E-state index < -0.39 is 5.54 Å². The standard InChI is InChI=1S/C12H18N2O/c1-12(2,11(13)15)14(3)9-10-7-5-4-6-8-10/h4-8H,9H2,1-3H3,(H2,13,15). The van der Waals surface area contributed by atoms with Gasteiger partial charge in [-0.1, -0.05) is 30.3 Å². The Bertz CT molecular complexity index is 333. The van der Waals surface area contributed by atoms with Gasteiger partial charge >= 0.3 is 0 Å². The summed E-state index contributed by atoms with van der Waals surface area (Å²) in [6, 6.07) is 10.0. The number of amides is 1. The first-order chi connectivity index (χ1) is 6.94. The number of likely N-dealkylation sites (N-methyl/N-ethyl adjacent to an activating group) is 1. The fourth-order valence-electron chi connectivity index (χ4n) is 1.24. The monoisotopic (exact) mass is 206 g/mol. The summed E-state index contributed by atoms with van der Waals surface area (Å²) >= 11 is 0. The third-order valence-electron chi connectivity index (χ3n) is 2.82. The van der Waals surface area contributed by atoms with Crippen molar-refractivity contribution >= 4 is 5.91 Å². The molecule has 0 aliphatic carbocycles. The second-order valence-electron chi connectivity index (χ2n) is 4.26. The highest BCUT2D eigenvalue weighted by Crippen LogP contribution is 2.14. The van der Waals surface area contributed by atoms with E-state index in [1.807, 2.05) is 56.1 Å². The van der Waals surface area contributed by atoms with E-state index in [4.69, 9.17) is 5.73 Å². The quantitative estimate of drug-likeness (QED) is 0.809. The lowest BCUT2D eigenvalue weighted by Crippen LogP contribution is -2.51. The largest absolute Gasteiger partial charge is 0.368 e. The van der Waals surface area contributed by atoms with Crippen LogP contribution < -0.4 is 5.73 Å². The molecule has 0 atom stereocenters. The van der Waals surface area contributed by atoms with Crippen molar-refractivity contribution in [1.29, 1.82) is 0 Å². The summed E-state index contributed by atoms with van der Waals surface area (Å²) in [5.41, 5.74) is 5.90. The van der Waals surface area contributed by atoms with Gasteiger partial charge in [-0.25, -0.2) is 0 Å². The molecule has 15 heavy (non-hydrogen) atoms. The molecule has 1 aromatic carbocycles. The van der Waals surface area contributed by atoms with Gasteiger partial charge in [-0.3, -0.25) is 9.69 Å². The minimum atomic E-state index is -0.615. The average Bonchev–Trinajstić information content (AvgIpc) is 2.18. The van der Waals surface area contributed by atoms with Gasteiger partial charge in [0, 0.05) is 6.54 Å². The Hall–Kier alpha value is -1.35. The number of nitrogens with zero attached hydrogens (tertiary/aromatic N) is 1. The molecule has 0 aliphatic heterocycles. The minimum absolute atomic E-state index is 0.305. The second-order valence-corrected chi connectivity index (χ2v) is 4.26. The van der Waals surface area contributed by atoms with Gasteiger partial charge in [-0.2, -0.15) is 0 Å². The van der Waals surface area contributed by atoms with Crippen LogP contribution in [0.4, 0.5) is 0 Å². The van der Waals surface area contributed by atoms with Crippen molar-refractivity contribution in [2.24, 2.45) is 5.73 Å². The molecular formula is C12H18N2O. The number of hydrogen-bond acceptors (Lipinski definition) is 2. The van der Waals surface area contributed by atoms with Crippen LogP contribution in [0, 0.1) is 0 Å². The van der Waals surface area contributed by atoms with Crippen LogP contribution in [0.1, 0.15) is 19.4 Å². The molecule has 0 aromatic heterocycles. The molecule has 1 aromatic rings. The van der Waals surface area contributed by atoms with E-state index in [1.54, 1.807) is 0 Å². The van der Waals surface area contributed by atoms with Gasteiger partial charge in [0.05, 0.1) is 5.54 Å². The Kier molecular flexibility index (Phi) is 3.48. The maximum absolute atomic E-state index is 11.2. The Balaban J connectivity index is 2.72. The molecular weight excluding hydrogens is 188 g/mol. The van der Waals surface area contributed by atoms with E-state index >= 15 is 0 Å². The van der Waals surface area contributed by atoms with E-state index in [0.29, 0.717) is 0 Å². The zero-order valence-corrected chi connectivity index (χ0v) is 9.53. The average molecular weight is 206 g/mol. The molecule has 0 spiro atoms. The van der Waals surface area contributed by atoms with Crippen LogP contribution in [0.15, 0.2) is 30.3 Å². The van der Waals surface area contributed by atoms with Crippen LogP contribution in [-0.4, -0.2) is 23.4 Å². The SMILES string of the molecule is CN(Cc1ccccc1)C(C)(C)C(N)=O. The van der Waals surface area contributed by atoms with Crippen molar-refractivity contribution in [2.75, 3.05) is 7.05 Å². The molecule has 0 fully saturated rings. The van der Waals surface area contributed by atoms with Crippen molar-refractivity contribution in [3.63, 3.8) is 0 Å². The van der Waals surface area contributed by atoms with Gasteiger partial charge in [0.25, 0.3) is 0 Å². The third kappa shape index (κ3) is 2.80. The van der Waals surface area contributed by atoms with E-state index in [-0.39, 0.29) is 5.91 Å². The third-order valence-corrected chi connectivity index (χ3v) is 2.82. The molecule has 1 amide bonds. The molecule has 3 heteroatoms. The normalized spacial score (nSPS) is 11.7. The zero-order valence-electron chi connectivity index (χ0n) is 9.53. The van der Waals surface area contributed by atoms with E-state index in [2.05, 4.69) is 0 Å². The van der Waals surface area contributed by atoms with Gasteiger partial charge in [0.2, 0.25) is 5.91 Å². The summed E-state index contributed by atoms with van der Waals surface area (Å²) in [6.45, 7) is 4.38. The molecule has 2 N–H and O–H groups in total. The summed E-state index contributed by atoms with van der Waals surface area (Å²) in [4.78, 5) is 13.2. The van der Waals surface area contributed by atoms with Crippen LogP contribution in [0.2, 0.25) is 0 Å². The molecule has 0 aliphatic rings. The fourth-order valence-corrected chi connectivity index (χ4v) is 1.24. The van der Waals surface area contributed by atoms with Gasteiger partial charge < -0.3 is 5.73 Å². The van der Waals surface area contributed by atoms with Crippen LogP contribution in [0.5, 0.6) is 0 Å². The molecule has 0 radical (unpaired) electrons.